The molecule has 0 amide bonds. The van der Waals surface area contributed by atoms with Gasteiger partial charge in [0.1, 0.15) is 12.0 Å². The van der Waals surface area contributed by atoms with Crippen LogP contribution < -0.4 is 5.32 Å². The largest absolute Gasteiger partial charge is 0.478 e. The van der Waals surface area contributed by atoms with E-state index in [4.69, 9.17) is 32.7 Å². The number of furan rings is 1. The van der Waals surface area contributed by atoms with E-state index in [-0.39, 0.29) is 5.56 Å². The van der Waals surface area contributed by atoms with Gasteiger partial charge in [0.05, 0.1) is 27.8 Å². The first-order valence-electron chi connectivity index (χ1n) is 5.17. The van der Waals surface area contributed by atoms with Crippen molar-refractivity contribution in [3.63, 3.8) is 0 Å². The number of carbonyl (C=O) groups is 1. The highest BCUT2D eigenvalue weighted by Gasteiger charge is 2.10. The molecule has 0 bridgehead atoms. The summed E-state index contributed by atoms with van der Waals surface area (Å²) in [6.07, 6.45) is 1.19. The van der Waals surface area contributed by atoms with Gasteiger partial charge in [-0.25, -0.2) is 4.79 Å². The highest BCUT2D eigenvalue weighted by Crippen LogP contribution is 2.35. The van der Waals surface area contributed by atoms with Crippen LogP contribution in [0.4, 0.5) is 5.69 Å². The molecule has 0 saturated carbocycles. The highest BCUT2D eigenvalue weighted by molar-refractivity contribution is 9.10. The Hall–Kier alpha value is -1.17. The third kappa shape index (κ3) is 3.23. The first-order chi connectivity index (χ1) is 8.99. The number of hydrogen-bond donors (Lipinski definition) is 2. The van der Waals surface area contributed by atoms with E-state index in [1.165, 1.54) is 12.3 Å². The summed E-state index contributed by atoms with van der Waals surface area (Å²) in [4.78, 5) is 10.7. The van der Waals surface area contributed by atoms with Crippen molar-refractivity contribution in [3.05, 3.63) is 50.3 Å². The third-order valence-corrected chi connectivity index (χ3v) is 4.16. The van der Waals surface area contributed by atoms with E-state index in [9.17, 15) is 4.79 Å². The minimum absolute atomic E-state index is 0.108. The van der Waals surface area contributed by atoms with Gasteiger partial charge in [0, 0.05) is 4.47 Å². The maximum absolute atomic E-state index is 10.7. The fourth-order valence-electron chi connectivity index (χ4n) is 1.43. The summed E-state index contributed by atoms with van der Waals surface area (Å²) in [6, 6.07) is 4.98. The lowest BCUT2D eigenvalue weighted by Crippen LogP contribution is -1.99. The maximum atomic E-state index is 10.7. The van der Waals surface area contributed by atoms with Crippen molar-refractivity contribution in [1.82, 2.24) is 0 Å². The average Bonchev–Trinajstić information content (AvgIpc) is 2.84. The molecule has 1 heterocycles. The zero-order chi connectivity index (χ0) is 14.0. The number of benzene rings is 1. The van der Waals surface area contributed by atoms with Gasteiger partial charge in [-0.1, -0.05) is 23.2 Å². The van der Waals surface area contributed by atoms with Gasteiger partial charge in [-0.3, -0.25) is 0 Å². The van der Waals surface area contributed by atoms with Gasteiger partial charge in [-0.2, -0.15) is 0 Å². The zero-order valence-corrected chi connectivity index (χ0v) is 12.5. The van der Waals surface area contributed by atoms with Gasteiger partial charge in [-0.15, -0.1) is 0 Å². The molecule has 0 spiro atoms. The molecule has 7 heteroatoms. The van der Waals surface area contributed by atoms with Gasteiger partial charge < -0.3 is 14.8 Å². The minimum Gasteiger partial charge on any atom is -0.478 e. The van der Waals surface area contributed by atoms with Crippen molar-refractivity contribution in [3.8, 4) is 0 Å². The number of aromatic carboxylic acids is 1. The summed E-state index contributed by atoms with van der Waals surface area (Å²) in [6.45, 7) is 0.310. The number of rotatable bonds is 4. The molecule has 100 valence electrons. The van der Waals surface area contributed by atoms with Gasteiger partial charge in [0.25, 0.3) is 0 Å². The van der Waals surface area contributed by atoms with Crippen LogP contribution in [0.3, 0.4) is 0 Å². The lowest BCUT2D eigenvalue weighted by atomic mass is 10.3. The summed E-state index contributed by atoms with van der Waals surface area (Å²) in [5.74, 6) is -0.535. The molecule has 1 aromatic heterocycles. The first kappa shape index (κ1) is 14.2. The Bertz CT molecular complexity index is 627. The molecule has 4 nitrogen and oxygen atoms in total. The second-order valence-electron chi connectivity index (χ2n) is 3.68. The number of carboxylic acid groups (broad SMARTS) is 1. The lowest BCUT2D eigenvalue weighted by molar-refractivity contribution is 0.0696. The maximum Gasteiger partial charge on any atom is 0.338 e. The molecule has 2 N–H and O–H groups in total. The van der Waals surface area contributed by atoms with Crippen LogP contribution in [-0.2, 0) is 6.54 Å². The molecule has 0 aliphatic heterocycles. The van der Waals surface area contributed by atoms with Gasteiger partial charge in [0.15, 0.2) is 0 Å². The van der Waals surface area contributed by atoms with E-state index in [1.54, 1.807) is 12.1 Å². The Balaban J connectivity index is 2.10. The topological polar surface area (TPSA) is 62.5 Å². The average molecular weight is 365 g/mol. The van der Waals surface area contributed by atoms with E-state index >= 15 is 0 Å². The summed E-state index contributed by atoms with van der Waals surface area (Å²) in [5, 5.41) is 12.6. The number of nitrogens with one attached hydrogen (secondary N) is 1. The predicted molar refractivity (Wildman–Crippen MR) is 77.2 cm³/mol. The smallest absolute Gasteiger partial charge is 0.338 e. The predicted octanol–water partition coefficient (Wildman–Crippen LogP) is 4.66. The molecule has 1 aromatic carbocycles. The van der Waals surface area contributed by atoms with Crippen LogP contribution in [0, 0.1) is 0 Å². The van der Waals surface area contributed by atoms with E-state index in [2.05, 4.69) is 21.2 Å². The monoisotopic (exact) mass is 363 g/mol. The zero-order valence-electron chi connectivity index (χ0n) is 9.41. The second kappa shape index (κ2) is 5.86. The molecule has 2 aromatic rings. The Morgan fingerprint density at radius 2 is 2.11 bits per heavy atom. The standard InChI is InChI=1S/C12H8BrCl2NO3/c13-8-1-2-9(11(15)10(8)14)16-4-7-3-6(5-19-7)12(17)18/h1-3,5,16H,4H2,(H,17,18). The van der Waals surface area contributed by atoms with Crippen LogP contribution >= 0.6 is 39.1 Å². The molecule has 0 radical (unpaired) electrons. The molecular formula is C12H8BrCl2NO3. The molecule has 0 atom stereocenters. The van der Waals surface area contributed by atoms with Crippen molar-refractivity contribution in [2.45, 2.75) is 6.54 Å². The molecule has 0 fully saturated rings. The number of hydrogen-bond acceptors (Lipinski definition) is 3. The number of carboxylic acids is 1. The first-order valence-corrected chi connectivity index (χ1v) is 6.72. The normalized spacial score (nSPS) is 10.5. The van der Waals surface area contributed by atoms with Crippen LogP contribution in [0.1, 0.15) is 16.1 Å². The molecule has 0 aliphatic carbocycles. The Morgan fingerprint density at radius 1 is 1.37 bits per heavy atom. The molecule has 2 rings (SSSR count). The van der Waals surface area contributed by atoms with Crippen LogP contribution in [0.2, 0.25) is 10.0 Å². The third-order valence-electron chi connectivity index (χ3n) is 2.39. The molecule has 0 saturated heterocycles. The molecule has 0 unspecified atom stereocenters. The fourth-order valence-corrected chi connectivity index (χ4v) is 2.27. The number of anilines is 1. The van der Waals surface area contributed by atoms with Gasteiger partial charge >= 0.3 is 5.97 Å². The van der Waals surface area contributed by atoms with E-state index in [1.807, 2.05) is 0 Å². The van der Waals surface area contributed by atoms with Crippen LogP contribution in [0.15, 0.2) is 33.4 Å². The van der Waals surface area contributed by atoms with Crippen molar-refractivity contribution in [2.24, 2.45) is 0 Å². The van der Waals surface area contributed by atoms with Gasteiger partial charge in [-0.05, 0) is 34.1 Å². The quantitative estimate of drug-likeness (QED) is 0.774. The van der Waals surface area contributed by atoms with E-state index in [0.29, 0.717) is 32.5 Å². The Morgan fingerprint density at radius 3 is 2.74 bits per heavy atom. The summed E-state index contributed by atoms with van der Waals surface area (Å²) in [7, 11) is 0. The molecule has 0 aliphatic rings. The lowest BCUT2D eigenvalue weighted by Gasteiger charge is -2.08. The summed E-state index contributed by atoms with van der Waals surface area (Å²) >= 11 is 15.3. The van der Waals surface area contributed by atoms with Crippen molar-refractivity contribution in [2.75, 3.05) is 5.32 Å². The van der Waals surface area contributed by atoms with Crippen molar-refractivity contribution >= 4 is 50.8 Å². The summed E-state index contributed by atoms with van der Waals surface area (Å²) < 4.78 is 5.82. The highest BCUT2D eigenvalue weighted by atomic mass is 79.9. The SMILES string of the molecule is O=C(O)c1coc(CNc2ccc(Br)c(Cl)c2Cl)c1. The van der Waals surface area contributed by atoms with Crippen LogP contribution in [0.25, 0.3) is 0 Å². The Kier molecular flexibility index (Phi) is 4.39. The van der Waals surface area contributed by atoms with E-state index in [0.717, 1.165) is 0 Å². The van der Waals surface area contributed by atoms with Crippen molar-refractivity contribution < 1.29 is 14.3 Å². The number of halogens is 3. The Labute approximate surface area is 127 Å². The van der Waals surface area contributed by atoms with E-state index < -0.39 is 5.97 Å². The van der Waals surface area contributed by atoms with Gasteiger partial charge in [0.2, 0.25) is 0 Å². The molecule has 19 heavy (non-hydrogen) atoms. The molecular weight excluding hydrogens is 357 g/mol. The fraction of sp³-hybridized carbons (Fsp3) is 0.0833. The minimum atomic E-state index is -1.03. The summed E-state index contributed by atoms with van der Waals surface area (Å²) in [5.41, 5.74) is 0.750. The van der Waals surface area contributed by atoms with Crippen molar-refractivity contribution in [1.29, 1.82) is 0 Å². The second-order valence-corrected chi connectivity index (χ2v) is 5.29. The van der Waals surface area contributed by atoms with Crippen LogP contribution in [0.5, 0.6) is 0 Å². The van der Waals surface area contributed by atoms with Crippen LogP contribution in [-0.4, -0.2) is 11.1 Å².